The Bertz CT molecular complexity index is 1130. The molecule has 4 N–H and O–H groups in total. The molecule has 3 aromatic carbocycles. The van der Waals surface area contributed by atoms with E-state index in [0.717, 1.165) is 33.8 Å². The van der Waals surface area contributed by atoms with Crippen LogP contribution in [0.1, 0.15) is 31.9 Å². The van der Waals surface area contributed by atoms with Gasteiger partial charge in [0.25, 0.3) is 0 Å². The fourth-order valence-corrected chi connectivity index (χ4v) is 3.58. The van der Waals surface area contributed by atoms with Gasteiger partial charge in [-0.05, 0) is 56.7 Å². The third kappa shape index (κ3) is 4.92. The fourth-order valence-electron chi connectivity index (χ4n) is 3.58. The van der Waals surface area contributed by atoms with Gasteiger partial charge in [0.1, 0.15) is 5.60 Å². The van der Waals surface area contributed by atoms with Crippen molar-refractivity contribution in [2.75, 3.05) is 16.0 Å². The maximum atomic E-state index is 12.0. The molecule has 1 aliphatic rings. The van der Waals surface area contributed by atoms with Crippen molar-refractivity contribution in [2.24, 2.45) is 0 Å². The Morgan fingerprint density at radius 3 is 2.12 bits per heavy atom. The number of aliphatic hydroxyl groups is 1. The molecule has 0 bridgehead atoms. The van der Waals surface area contributed by atoms with Crippen LogP contribution in [0.2, 0.25) is 0 Å². The third-order valence-corrected chi connectivity index (χ3v) is 4.91. The van der Waals surface area contributed by atoms with Crippen molar-refractivity contribution in [1.29, 1.82) is 0 Å². The molecule has 1 atom stereocenters. The summed E-state index contributed by atoms with van der Waals surface area (Å²) in [6, 6.07) is 25.1. The van der Waals surface area contributed by atoms with E-state index in [9.17, 15) is 9.90 Å². The van der Waals surface area contributed by atoms with Crippen molar-refractivity contribution in [2.45, 2.75) is 32.6 Å². The van der Waals surface area contributed by atoms with Crippen LogP contribution < -0.4 is 16.0 Å². The molecular formula is C26H27N3O3. The van der Waals surface area contributed by atoms with Crippen molar-refractivity contribution in [3.05, 3.63) is 90.0 Å². The number of fused-ring (bicyclic) bond motifs is 1. The van der Waals surface area contributed by atoms with Gasteiger partial charge in [-0.25, -0.2) is 4.79 Å². The highest BCUT2D eigenvalue weighted by molar-refractivity contribution is 6.03. The third-order valence-electron chi connectivity index (χ3n) is 4.91. The summed E-state index contributed by atoms with van der Waals surface area (Å²) in [6.45, 7) is 5.47. The van der Waals surface area contributed by atoms with E-state index >= 15 is 0 Å². The second kappa shape index (κ2) is 8.77. The van der Waals surface area contributed by atoms with E-state index in [-0.39, 0.29) is 0 Å². The van der Waals surface area contributed by atoms with E-state index in [4.69, 9.17) is 4.74 Å². The number of amides is 1. The van der Waals surface area contributed by atoms with Crippen molar-refractivity contribution in [3.8, 4) is 0 Å². The first kappa shape index (κ1) is 21.5. The van der Waals surface area contributed by atoms with Crippen molar-refractivity contribution in [3.63, 3.8) is 0 Å². The highest BCUT2D eigenvalue weighted by Gasteiger charge is 2.28. The number of nitrogens with one attached hydrogen (secondary N) is 3. The molecule has 164 valence electrons. The molecule has 0 saturated heterocycles. The van der Waals surface area contributed by atoms with E-state index in [1.807, 2.05) is 87.5 Å². The molecule has 0 saturated carbocycles. The van der Waals surface area contributed by atoms with Crippen LogP contribution in [0, 0.1) is 0 Å². The molecule has 32 heavy (non-hydrogen) atoms. The Labute approximate surface area is 187 Å². The van der Waals surface area contributed by atoms with Gasteiger partial charge in [0.15, 0.2) is 6.23 Å². The van der Waals surface area contributed by atoms with Crippen LogP contribution in [0.4, 0.5) is 21.9 Å². The monoisotopic (exact) mass is 429 g/mol. The maximum Gasteiger partial charge on any atom is 0.412 e. The van der Waals surface area contributed by atoms with Gasteiger partial charge < -0.3 is 20.5 Å². The summed E-state index contributed by atoms with van der Waals surface area (Å²) in [5.74, 6) is 0. The van der Waals surface area contributed by atoms with Crippen LogP contribution in [-0.4, -0.2) is 23.0 Å². The number of hydrogen-bond donors (Lipinski definition) is 4. The first-order valence-electron chi connectivity index (χ1n) is 10.5. The number of benzene rings is 3. The predicted molar refractivity (Wildman–Crippen MR) is 129 cm³/mol. The van der Waals surface area contributed by atoms with Crippen LogP contribution in [0.25, 0.3) is 11.3 Å². The fraction of sp³-hybridized carbons (Fsp3) is 0.192. The van der Waals surface area contributed by atoms with Crippen LogP contribution in [0.15, 0.2) is 78.9 Å². The number of carbonyl (C=O) groups is 1. The Hall–Kier alpha value is -3.77. The summed E-state index contributed by atoms with van der Waals surface area (Å²) in [5.41, 5.74) is 5.28. The minimum atomic E-state index is -0.830. The second-order valence-corrected chi connectivity index (χ2v) is 8.58. The smallest absolute Gasteiger partial charge is 0.412 e. The molecule has 3 aromatic rings. The second-order valence-electron chi connectivity index (χ2n) is 8.58. The van der Waals surface area contributed by atoms with Crippen molar-refractivity contribution >= 4 is 34.4 Å². The van der Waals surface area contributed by atoms with Gasteiger partial charge in [0, 0.05) is 28.2 Å². The molecule has 0 fully saturated rings. The Morgan fingerprint density at radius 1 is 0.875 bits per heavy atom. The molecule has 6 nitrogen and oxygen atoms in total. The number of anilines is 3. The van der Waals surface area contributed by atoms with Gasteiger partial charge in [0.05, 0.1) is 5.70 Å². The summed E-state index contributed by atoms with van der Waals surface area (Å²) in [6.07, 6.45) is -1.33. The molecule has 1 amide bonds. The van der Waals surface area contributed by atoms with Gasteiger partial charge in [-0.1, -0.05) is 48.5 Å². The zero-order valence-electron chi connectivity index (χ0n) is 18.3. The van der Waals surface area contributed by atoms with E-state index < -0.39 is 17.9 Å². The molecule has 4 rings (SSSR count). The summed E-state index contributed by atoms with van der Waals surface area (Å²) in [5, 5.41) is 20.1. The maximum absolute atomic E-state index is 12.0. The molecule has 0 radical (unpaired) electrons. The zero-order valence-corrected chi connectivity index (χ0v) is 18.3. The minimum absolute atomic E-state index is 0.498. The molecule has 0 aliphatic carbocycles. The van der Waals surface area contributed by atoms with Crippen LogP contribution in [0.3, 0.4) is 0 Å². The Morgan fingerprint density at radius 2 is 1.47 bits per heavy atom. The van der Waals surface area contributed by atoms with Gasteiger partial charge in [-0.2, -0.15) is 0 Å². The summed E-state index contributed by atoms with van der Waals surface area (Å²) >= 11 is 0. The van der Waals surface area contributed by atoms with E-state index in [0.29, 0.717) is 5.69 Å². The first-order chi connectivity index (χ1) is 15.3. The highest BCUT2D eigenvalue weighted by Crippen LogP contribution is 2.39. The first-order valence-corrected chi connectivity index (χ1v) is 10.5. The van der Waals surface area contributed by atoms with Crippen LogP contribution in [0.5, 0.6) is 0 Å². The summed E-state index contributed by atoms with van der Waals surface area (Å²) < 4.78 is 5.30. The lowest BCUT2D eigenvalue weighted by Gasteiger charge is -2.20. The summed E-state index contributed by atoms with van der Waals surface area (Å²) in [4.78, 5) is 12.0. The number of ether oxygens (including phenoxy) is 1. The van der Waals surface area contributed by atoms with E-state index in [2.05, 4.69) is 16.0 Å². The quantitative estimate of drug-likeness (QED) is 0.424. The van der Waals surface area contributed by atoms with Crippen molar-refractivity contribution in [1.82, 2.24) is 0 Å². The SMILES string of the molecule is CC(C)(C)OC(=O)Nc1ccc(N/C(=C2/c3ccccc3NC2O)c2ccccc2)cc1. The molecule has 0 aromatic heterocycles. The largest absolute Gasteiger partial charge is 0.444 e. The van der Waals surface area contributed by atoms with Crippen molar-refractivity contribution < 1.29 is 14.6 Å². The van der Waals surface area contributed by atoms with Gasteiger partial charge in [-0.3, -0.25) is 5.32 Å². The average molecular weight is 430 g/mol. The average Bonchev–Trinajstić information content (AvgIpc) is 3.08. The van der Waals surface area contributed by atoms with Crippen LogP contribution in [-0.2, 0) is 4.74 Å². The molecule has 1 heterocycles. The normalized spacial score (nSPS) is 16.6. The standard InChI is InChI=1S/C26H27N3O3/c1-26(2,3)32-25(31)28-19-15-13-18(14-16-19)27-23(17-9-5-4-6-10-17)22-20-11-7-8-12-21(20)29-24(22)30/h4-16,24,27,29-30H,1-3H3,(H,28,31)/b23-22-. The number of aliphatic hydroxyl groups excluding tert-OH is 1. The topological polar surface area (TPSA) is 82.6 Å². The van der Waals surface area contributed by atoms with Gasteiger partial charge in [0.2, 0.25) is 0 Å². The highest BCUT2D eigenvalue weighted by atomic mass is 16.6. The molecule has 1 aliphatic heterocycles. The van der Waals surface area contributed by atoms with E-state index in [1.54, 1.807) is 12.1 Å². The van der Waals surface area contributed by atoms with Crippen LogP contribution >= 0.6 is 0 Å². The number of carbonyl (C=O) groups excluding carboxylic acids is 1. The molecule has 1 unspecified atom stereocenters. The molecular weight excluding hydrogens is 402 g/mol. The van der Waals surface area contributed by atoms with Gasteiger partial charge >= 0.3 is 6.09 Å². The Kier molecular flexibility index (Phi) is 5.88. The molecule has 0 spiro atoms. The van der Waals surface area contributed by atoms with E-state index in [1.165, 1.54) is 0 Å². The molecule has 6 heteroatoms. The van der Waals surface area contributed by atoms with Gasteiger partial charge in [-0.15, -0.1) is 0 Å². The Balaban J connectivity index is 1.63. The lowest BCUT2D eigenvalue weighted by Crippen LogP contribution is -2.27. The summed E-state index contributed by atoms with van der Waals surface area (Å²) in [7, 11) is 0. The predicted octanol–water partition coefficient (Wildman–Crippen LogP) is 5.76. The number of para-hydroxylation sites is 1. The minimum Gasteiger partial charge on any atom is -0.444 e. The lowest BCUT2D eigenvalue weighted by atomic mass is 9.99. The zero-order chi connectivity index (χ0) is 22.7. The number of hydrogen-bond acceptors (Lipinski definition) is 5. The lowest BCUT2D eigenvalue weighted by molar-refractivity contribution is 0.0636. The number of rotatable bonds is 4.